The lowest BCUT2D eigenvalue weighted by Crippen LogP contribution is -2.18. The number of halogens is 1. The van der Waals surface area contributed by atoms with Gasteiger partial charge in [-0.05, 0) is 35.5 Å². The summed E-state index contributed by atoms with van der Waals surface area (Å²) in [5.74, 6) is -0.595. The van der Waals surface area contributed by atoms with Crippen LogP contribution < -0.4 is 5.32 Å². The number of amides is 1. The third-order valence-electron chi connectivity index (χ3n) is 1.83. The van der Waals surface area contributed by atoms with Crippen molar-refractivity contribution < 1.29 is 9.18 Å². The minimum Gasteiger partial charge on any atom is -0.301 e. The van der Waals surface area contributed by atoms with Crippen LogP contribution in [0.3, 0.4) is 0 Å². The summed E-state index contributed by atoms with van der Waals surface area (Å²) in [5, 5.41) is 9.72. The van der Waals surface area contributed by atoms with Gasteiger partial charge in [0, 0.05) is 0 Å². The minimum atomic E-state index is -0.312. The summed E-state index contributed by atoms with van der Waals surface area (Å²) in [7, 11) is 0. The Kier molecular flexibility index (Phi) is 2.55. The van der Waals surface area contributed by atoms with E-state index in [-0.39, 0.29) is 16.9 Å². The van der Waals surface area contributed by atoms with Crippen LogP contribution in [0.1, 0.15) is 5.56 Å². The van der Waals surface area contributed by atoms with Crippen LogP contribution in [0.4, 0.5) is 4.39 Å². The fraction of sp³-hybridized carbons (Fsp3) is 0. The number of benzene rings is 1. The summed E-state index contributed by atoms with van der Waals surface area (Å²) < 4.78 is 12.6. The molecule has 1 saturated heterocycles. The molecule has 1 aromatic carbocycles. The molecular weight excluding hydrogens is 215 g/mol. The van der Waals surface area contributed by atoms with Crippen molar-refractivity contribution in [3.05, 3.63) is 40.6 Å². The van der Waals surface area contributed by atoms with Crippen molar-refractivity contribution in [2.24, 2.45) is 0 Å². The van der Waals surface area contributed by atoms with Gasteiger partial charge in [-0.15, -0.1) is 0 Å². The van der Waals surface area contributed by atoms with Crippen LogP contribution in [-0.4, -0.2) is 11.1 Å². The van der Waals surface area contributed by atoms with E-state index in [0.29, 0.717) is 4.91 Å². The maximum absolute atomic E-state index is 12.6. The Hall–Kier alpha value is -1.62. The Morgan fingerprint density at radius 1 is 1.33 bits per heavy atom. The quantitative estimate of drug-likeness (QED) is 0.714. The van der Waals surface area contributed by atoms with Crippen LogP contribution in [0.15, 0.2) is 29.2 Å². The highest BCUT2D eigenvalue weighted by atomic mass is 32.2. The minimum absolute atomic E-state index is 0.119. The van der Waals surface area contributed by atoms with Crippen molar-refractivity contribution in [3.63, 3.8) is 0 Å². The third kappa shape index (κ3) is 2.24. The Morgan fingerprint density at radius 2 is 2.00 bits per heavy atom. The van der Waals surface area contributed by atoms with Gasteiger partial charge in [0.1, 0.15) is 5.82 Å². The van der Waals surface area contributed by atoms with Crippen LogP contribution >= 0.6 is 11.8 Å². The van der Waals surface area contributed by atoms with Crippen LogP contribution in [-0.2, 0) is 4.79 Å². The van der Waals surface area contributed by atoms with Gasteiger partial charge in [-0.3, -0.25) is 10.2 Å². The summed E-state index contributed by atoms with van der Waals surface area (Å²) in [6.45, 7) is 0. The molecule has 2 rings (SSSR count). The zero-order valence-corrected chi connectivity index (χ0v) is 8.40. The molecule has 0 saturated carbocycles. The number of carbonyl (C=O) groups is 1. The standard InChI is InChI=1S/C10H7FN2OS/c11-7-3-1-6(2-4-7)5-8-9(14)13-10(12)15-8/h1-5H,(H2,12,13,14)/b8-5-. The maximum atomic E-state index is 12.6. The Bertz CT molecular complexity index is 453. The van der Waals surface area contributed by atoms with E-state index in [9.17, 15) is 9.18 Å². The van der Waals surface area contributed by atoms with Gasteiger partial charge in [-0.1, -0.05) is 12.1 Å². The molecule has 0 spiro atoms. The number of amidine groups is 1. The molecule has 3 nitrogen and oxygen atoms in total. The van der Waals surface area contributed by atoms with Crippen molar-refractivity contribution in [2.75, 3.05) is 0 Å². The molecule has 1 heterocycles. The van der Waals surface area contributed by atoms with Gasteiger partial charge < -0.3 is 5.32 Å². The SMILES string of the molecule is N=C1NC(=O)/C(=C/c2ccc(F)cc2)S1. The molecule has 1 fully saturated rings. The number of rotatable bonds is 1. The van der Waals surface area contributed by atoms with E-state index >= 15 is 0 Å². The molecule has 1 amide bonds. The second-order valence-corrected chi connectivity index (χ2v) is 4.00. The fourth-order valence-corrected chi connectivity index (χ4v) is 1.85. The van der Waals surface area contributed by atoms with Crippen LogP contribution in [0, 0.1) is 11.2 Å². The zero-order valence-electron chi connectivity index (χ0n) is 7.58. The molecule has 1 aliphatic heterocycles. The lowest BCUT2D eigenvalue weighted by atomic mass is 10.2. The van der Waals surface area contributed by atoms with E-state index in [2.05, 4.69) is 5.32 Å². The van der Waals surface area contributed by atoms with Gasteiger partial charge in [0.15, 0.2) is 5.17 Å². The second-order valence-electron chi connectivity index (χ2n) is 2.95. The van der Waals surface area contributed by atoms with Gasteiger partial charge in [-0.2, -0.15) is 0 Å². The number of nitrogens with one attached hydrogen (secondary N) is 2. The Morgan fingerprint density at radius 3 is 2.53 bits per heavy atom. The second kappa shape index (κ2) is 3.86. The van der Waals surface area contributed by atoms with E-state index in [1.54, 1.807) is 18.2 Å². The molecule has 76 valence electrons. The van der Waals surface area contributed by atoms with Crippen LogP contribution in [0.25, 0.3) is 6.08 Å². The highest BCUT2D eigenvalue weighted by Crippen LogP contribution is 2.24. The van der Waals surface area contributed by atoms with Gasteiger partial charge >= 0.3 is 0 Å². The molecule has 0 aliphatic carbocycles. The van der Waals surface area contributed by atoms with E-state index in [1.165, 1.54) is 12.1 Å². The molecule has 1 aromatic rings. The first-order chi connectivity index (χ1) is 7.15. The van der Waals surface area contributed by atoms with Crippen LogP contribution in [0.2, 0.25) is 0 Å². The van der Waals surface area contributed by atoms with E-state index in [1.807, 2.05) is 0 Å². The molecule has 5 heteroatoms. The lowest BCUT2D eigenvalue weighted by Gasteiger charge is -1.94. The topological polar surface area (TPSA) is 53.0 Å². The number of hydrogen-bond donors (Lipinski definition) is 2. The molecule has 1 aliphatic rings. The maximum Gasteiger partial charge on any atom is 0.264 e. The Balaban J connectivity index is 2.27. The number of carbonyl (C=O) groups excluding carboxylic acids is 1. The molecule has 0 bridgehead atoms. The van der Waals surface area contributed by atoms with E-state index in [0.717, 1.165) is 17.3 Å². The summed E-state index contributed by atoms with van der Waals surface area (Å²) in [4.78, 5) is 11.7. The summed E-state index contributed by atoms with van der Waals surface area (Å²) in [6.07, 6.45) is 1.63. The number of hydrogen-bond acceptors (Lipinski definition) is 3. The van der Waals surface area contributed by atoms with Crippen molar-refractivity contribution in [1.29, 1.82) is 5.41 Å². The predicted octanol–water partition coefficient (Wildman–Crippen LogP) is 1.96. The number of thioether (sulfide) groups is 1. The molecular formula is C10H7FN2OS. The normalized spacial score (nSPS) is 18.3. The zero-order chi connectivity index (χ0) is 10.8. The highest BCUT2D eigenvalue weighted by molar-refractivity contribution is 8.18. The average Bonchev–Trinajstić information content (AvgIpc) is 2.49. The van der Waals surface area contributed by atoms with Gasteiger partial charge in [0.2, 0.25) is 0 Å². The molecule has 2 N–H and O–H groups in total. The van der Waals surface area contributed by atoms with E-state index in [4.69, 9.17) is 5.41 Å². The van der Waals surface area contributed by atoms with E-state index < -0.39 is 0 Å². The molecule has 15 heavy (non-hydrogen) atoms. The summed E-state index contributed by atoms with van der Waals surface area (Å²) in [5.41, 5.74) is 0.740. The molecule has 0 radical (unpaired) electrons. The van der Waals surface area contributed by atoms with Crippen LogP contribution in [0.5, 0.6) is 0 Å². The van der Waals surface area contributed by atoms with Crippen molar-refractivity contribution >= 4 is 28.9 Å². The monoisotopic (exact) mass is 222 g/mol. The van der Waals surface area contributed by atoms with Crippen molar-refractivity contribution in [2.45, 2.75) is 0 Å². The van der Waals surface area contributed by atoms with Gasteiger partial charge in [0.05, 0.1) is 4.91 Å². The summed E-state index contributed by atoms with van der Waals surface area (Å²) in [6, 6.07) is 5.82. The lowest BCUT2D eigenvalue weighted by molar-refractivity contribution is -0.115. The van der Waals surface area contributed by atoms with Crippen molar-refractivity contribution in [3.8, 4) is 0 Å². The first-order valence-electron chi connectivity index (χ1n) is 4.20. The highest BCUT2D eigenvalue weighted by Gasteiger charge is 2.21. The molecule has 0 unspecified atom stereocenters. The first kappa shape index (κ1) is 9.92. The first-order valence-corrected chi connectivity index (χ1v) is 5.02. The molecule has 0 atom stereocenters. The smallest absolute Gasteiger partial charge is 0.264 e. The third-order valence-corrected chi connectivity index (χ3v) is 2.66. The fourth-order valence-electron chi connectivity index (χ4n) is 1.15. The Labute approximate surface area is 89.9 Å². The van der Waals surface area contributed by atoms with Gasteiger partial charge in [0.25, 0.3) is 5.91 Å². The largest absolute Gasteiger partial charge is 0.301 e. The molecule has 0 aromatic heterocycles. The predicted molar refractivity (Wildman–Crippen MR) is 57.8 cm³/mol. The average molecular weight is 222 g/mol. The van der Waals surface area contributed by atoms with Gasteiger partial charge in [-0.25, -0.2) is 4.39 Å². The van der Waals surface area contributed by atoms with Crippen molar-refractivity contribution in [1.82, 2.24) is 5.32 Å². The summed E-state index contributed by atoms with van der Waals surface area (Å²) >= 11 is 1.06.